The summed E-state index contributed by atoms with van der Waals surface area (Å²) in [5.74, 6) is 1.07. The summed E-state index contributed by atoms with van der Waals surface area (Å²) in [4.78, 5) is 2.42. The molecule has 0 saturated heterocycles. The van der Waals surface area contributed by atoms with Gasteiger partial charge in [0.15, 0.2) is 0 Å². The Morgan fingerprint density at radius 1 is 1.47 bits per heavy atom. The maximum absolute atomic E-state index is 5.81. The molecule has 1 aliphatic rings. The zero-order valence-electron chi connectivity index (χ0n) is 9.43. The fourth-order valence-corrected chi connectivity index (χ4v) is 2.15. The van der Waals surface area contributed by atoms with Crippen molar-refractivity contribution in [2.24, 2.45) is 5.73 Å². The summed E-state index contributed by atoms with van der Waals surface area (Å²) in [6, 6.07) is 0.787. The standard InChI is InChI=1S/C10H19N5/c1-8(11)5-9(2)14-3-4-15-7-12-13-10(15)6-14/h7-9H,3-6,11H2,1-2H3. The predicted molar refractivity (Wildman–Crippen MR) is 58.2 cm³/mol. The van der Waals surface area contributed by atoms with E-state index in [-0.39, 0.29) is 6.04 Å². The molecule has 0 bridgehead atoms. The zero-order valence-corrected chi connectivity index (χ0v) is 9.43. The first-order valence-corrected chi connectivity index (χ1v) is 5.53. The summed E-state index contributed by atoms with van der Waals surface area (Å²) >= 11 is 0. The first-order valence-electron chi connectivity index (χ1n) is 5.53. The van der Waals surface area contributed by atoms with E-state index < -0.39 is 0 Å². The van der Waals surface area contributed by atoms with Crippen molar-refractivity contribution in [2.45, 2.75) is 45.4 Å². The van der Waals surface area contributed by atoms with Gasteiger partial charge in [-0.3, -0.25) is 4.90 Å². The minimum Gasteiger partial charge on any atom is -0.328 e. The molecule has 2 unspecified atom stereocenters. The molecule has 5 nitrogen and oxygen atoms in total. The highest BCUT2D eigenvalue weighted by atomic mass is 15.3. The summed E-state index contributed by atoms with van der Waals surface area (Å²) in [6.45, 7) is 7.25. The van der Waals surface area contributed by atoms with Crippen molar-refractivity contribution in [3.63, 3.8) is 0 Å². The number of hydrogen-bond donors (Lipinski definition) is 1. The summed E-state index contributed by atoms with van der Waals surface area (Å²) < 4.78 is 2.12. The van der Waals surface area contributed by atoms with Gasteiger partial charge in [0, 0.05) is 25.2 Å². The van der Waals surface area contributed by atoms with Gasteiger partial charge in [0.2, 0.25) is 0 Å². The number of fused-ring (bicyclic) bond motifs is 1. The van der Waals surface area contributed by atoms with Crippen molar-refractivity contribution < 1.29 is 0 Å². The lowest BCUT2D eigenvalue weighted by atomic mass is 10.1. The largest absolute Gasteiger partial charge is 0.328 e. The fourth-order valence-electron chi connectivity index (χ4n) is 2.15. The van der Waals surface area contributed by atoms with Crippen LogP contribution in [0.25, 0.3) is 0 Å². The minimum absolute atomic E-state index is 0.264. The zero-order chi connectivity index (χ0) is 10.8. The van der Waals surface area contributed by atoms with E-state index in [1.165, 1.54) is 0 Å². The van der Waals surface area contributed by atoms with Crippen molar-refractivity contribution >= 4 is 0 Å². The van der Waals surface area contributed by atoms with Gasteiger partial charge in [0.25, 0.3) is 0 Å². The molecule has 0 saturated carbocycles. The Balaban J connectivity index is 1.97. The number of hydrogen-bond acceptors (Lipinski definition) is 4. The molecule has 2 rings (SSSR count). The summed E-state index contributed by atoms with van der Waals surface area (Å²) in [5.41, 5.74) is 5.81. The monoisotopic (exact) mass is 209 g/mol. The molecule has 2 N–H and O–H groups in total. The van der Waals surface area contributed by atoms with Gasteiger partial charge in [-0.2, -0.15) is 0 Å². The SMILES string of the molecule is CC(N)CC(C)N1CCn2cnnc2C1. The lowest BCUT2D eigenvalue weighted by molar-refractivity contribution is 0.151. The topological polar surface area (TPSA) is 60.0 Å². The van der Waals surface area contributed by atoms with Gasteiger partial charge in [0.1, 0.15) is 12.2 Å². The van der Waals surface area contributed by atoms with Crippen LogP contribution in [0.15, 0.2) is 6.33 Å². The van der Waals surface area contributed by atoms with E-state index in [9.17, 15) is 0 Å². The Kier molecular flexibility index (Phi) is 3.02. The molecule has 0 aliphatic carbocycles. The van der Waals surface area contributed by atoms with E-state index in [1.54, 1.807) is 0 Å². The molecule has 1 aliphatic heterocycles. The maximum Gasteiger partial charge on any atom is 0.147 e. The van der Waals surface area contributed by atoms with Crippen LogP contribution in [0.4, 0.5) is 0 Å². The average molecular weight is 209 g/mol. The third-order valence-corrected chi connectivity index (χ3v) is 3.00. The van der Waals surface area contributed by atoms with Crippen LogP contribution in [0, 0.1) is 0 Å². The maximum atomic E-state index is 5.81. The molecule has 0 aromatic carbocycles. The summed E-state index contributed by atoms with van der Waals surface area (Å²) in [7, 11) is 0. The van der Waals surface area contributed by atoms with Gasteiger partial charge in [-0.15, -0.1) is 10.2 Å². The Hall–Kier alpha value is -0.940. The Morgan fingerprint density at radius 2 is 2.27 bits per heavy atom. The van der Waals surface area contributed by atoms with Crippen molar-refractivity contribution in [3.05, 3.63) is 12.2 Å². The molecule has 15 heavy (non-hydrogen) atoms. The van der Waals surface area contributed by atoms with Crippen LogP contribution < -0.4 is 5.73 Å². The van der Waals surface area contributed by atoms with E-state index in [1.807, 2.05) is 6.33 Å². The van der Waals surface area contributed by atoms with Gasteiger partial charge in [-0.05, 0) is 20.3 Å². The van der Waals surface area contributed by atoms with Crippen molar-refractivity contribution in [2.75, 3.05) is 6.54 Å². The van der Waals surface area contributed by atoms with Crippen molar-refractivity contribution in [1.29, 1.82) is 0 Å². The molecule has 84 valence electrons. The molecule has 0 spiro atoms. The molecule has 1 aromatic rings. The third kappa shape index (κ3) is 2.35. The number of aromatic nitrogens is 3. The lowest BCUT2D eigenvalue weighted by Crippen LogP contribution is -2.41. The Bertz CT molecular complexity index is 319. The highest BCUT2D eigenvalue weighted by molar-refractivity contribution is 4.91. The van der Waals surface area contributed by atoms with Crippen LogP contribution in [0.1, 0.15) is 26.1 Å². The molecule has 0 amide bonds. The third-order valence-electron chi connectivity index (χ3n) is 3.00. The van der Waals surface area contributed by atoms with Gasteiger partial charge in [-0.1, -0.05) is 0 Å². The van der Waals surface area contributed by atoms with Crippen LogP contribution >= 0.6 is 0 Å². The minimum atomic E-state index is 0.264. The number of rotatable bonds is 3. The average Bonchev–Trinajstić information content (AvgIpc) is 2.62. The molecule has 2 atom stereocenters. The van der Waals surface area contributed by atoms with Gasteiger partial charge >= 0.3 is 0 Å². The van der Waals surface area contributed by atoms with Crippen LogP contribution in [0.3, 0.4) is 0 Å². The molecular formula is C10H19N5. The van der Waals surface area contributed by atoms with Gasteiger partial charge < -0.3 is 10.3 Å². The predicted octanol–water partition coefficient (Wildman–Crippen LogP) is 0.220. The van der Waals surface area contributed by atoms with E-state index in [4.69, 9.17) is 5.73 Å². The van der Waals surface area contributed by atoms with Crippen LogP contribution in [0.2, 0.25) is 0 Å². The van der Waals surface area contributed by atoms with E-state index >= 15 is 0 Å². The molecule has 5 heteroatoms. The Morgan fingerprint density at radius 3 is 3.00 bits per heavy atom. The molecular weight excluding hydrogens is 190 g/mol. The highest BCUT2D eigenvalue weighted by Crippen LogP contribution is 2.14. The molecule has 0 fully saturated rings. The molecule has 0 radical (unpaired) electrons. The van der Waals surface area contributed by atoms with E-state index in [0.29, 0.717) is 6.04 Å². The second kappa shape index (κ2) is 4.28. The number of nitrogens with two attached hydrogens (primary N) is 1. The molecule has 2 heterocycles. The summed E-state index contributed by atoms with van der Waals surface area (Å²) in [5, 5.41) is 8.03. The normalized spacial score (nSPS) is 21.0. The van der Waals surface area contributed by atoms with Crippen LogP contribution in [0.5, 0.6) is 0 Å². The lowest BCUT2D eigenvalue weighted by Gasteiger charge is -2.33. The van der Waals surface area contributed by atoms with Gasteiger partial charge in [-0.25, -0.2) is 0 Å². The Labute approximate surface area is 90.3 Å². The second-order valence-corrected chi connectivity index (χ2v) is 4.47. The van der Waals surface area contributed by atoms with Crippen molar-refractivity contribution in [3.8, 4) is 0 Å². The van der Waals surface area contributed by atoms with Crippen molar-refractivity contribution in [1.82, 2.24) is 19.7 Å². The van der Waals surface area contributed by atoms with Crippen LogP contribution in [-0.4, -0.2) is 38.3 Å². The quantitative estimate of drug-likeness (QED) is 0.773. The summed E-state index contributed by atoms with van der Waals surface area (Å²) in [6.07, 6.45) is 2.84. The van der Waals surface area contributed by atoms with E-state index in [0.717, 1.165) is 31.9 Å². The molecule has 1 aromatic heterocycles. The van der Waals surface area contributed by atoms with Crippen LogP contribution in [-0.2, 0) is 13.1 Å². The smallest absolute Gasteiger partial charge is 0.147 e. The fraction of sp³-hybridized carbons (Fsp3) is 0.800. The highest BCUT2D eigenvalue weighted by Gasteiger charge is 2.21. The van der Waals surface area contributed by atoms with Gasteiger partial charge in [0.05, 0.1) is 6.54 Å². The second-order valence-electron chi connectivity index (χ2n) is 4.47. The number of nitrogens with zero attached hydrogens (tertiary/aromatic N) is 4. The first-order chi connectivity index (χ1) is 7.16. The van der Waals surface area contributed by atoms with E-state index in [2.05, 4.69) is 33.5 Å². The first kappa shape index (κ1) is 10.6.